The minimum Gasteiger partial charge on any atom is -0.378 e. The summed E-state index contributed by atoms with van der Waals surface area (Å²) in [6, 6.07) is 7.44. The average molecular weight is 459 g/mol. The molecule has 0 unspecified atom stereocenters. The van der Waals surface area contributed by atoms with E-state index < -0.39 is 21.9 Å². The third-order valence-corrected chi connectivity index (χ3v) is 8.03. The van der Waals surface area contributed by atoms with Crippen molar-refractivity contribution in [3.8, 4) is 0 Å². The molecule has 1 fully saturated rings. The monoisotopic (exact) mass is 458 g/mol. The van der Waals surface area contributed by atoms with Gasteiger partial charge in [0.05, 0.1) is 12.1 Å². The Morgan fingerprint density at radius 3 is 2.77 bits per heavy atom. The number of carbonyl (C=O) groups excluding carboxylic acids is 1. The van der Waals surface area contributed by atoms with Crippen LogP contribution in [-0.2, 0) is 10.3 Å². The summed E-state index contributed by atoms with van der Waals surface area (Å²) in [5.74, 6) is -1.27. The van der Waals surface area contributed by atoms with E-state index in [0.29, 0.717) is 21.9 Å². The lowest BCUT2D eigenvalue weighted by Crippen LogP contribution is -2.43. The highest BCUT2D eigenvalue weighted by Crippen LogP contribution is 2.66. The molecule has 5 nitrogen and oxygen atoms in total. The van der Waals surface area contributed by atoms with Crippen molar-refractivity contribution in [2.24, 2.45) is 16.6 Å². The molecule has 31 heavy (non-hydrogen) atoms. The van der Waals surface area contributed by atoms with Crippen LogP contribution in [0.1, 0.15) is 29.3 Å². The number of carbonyl (C=O) groups is 1. The number of rotatable bonds is 4. The Morgan fingerprint density at radius 1 is 1.39 bits per heavy atom. The lowest BCUT2D eigenvalue weighted by atomic mass is 9.84. The molecule has 1 aromatic heterocycles. The van der Waals surface area contributed by atoms with Crippen LogP contribution in [0, 0.1) is 18.3 Å². The minimum atomic E-state index is -1.04. The van der Waals surface area contributed by atoms with E-state index >= 15 is 0 Å². The zero-order valence-electron chi connectivity index (χ0n) is 17.1. The topological polar surface area (TPSA) is 63.0 Å². The van der Waals surface area contributed by atoms with Crippen molar-refractivity contribution in [1.29, 1.82) is 0 Å². The second-order valence-corrected chi connectivity index (χ2v) is 10.4. The van der Waals surface area contributed by atoms with Crippen LogP contribution in [0.5, 0.6) is 0 Å². The Kier molecular flexibility index (Phi) is 5.18. The molecule has 3 atom stereocenters. The van der Waals surface area contributed by atoms with Gasteiger partial charge in [-0.15, -0.1) is 0 Å². The van der Waals surface area contributed by atoms with Crippen LogP contribution < -0.4 is 5.73 Å². The molecule has 4 rings (SSSR count). The fraction of sp³-hybridized carbons (Fsp3) is 0.318. The first kappa shape index (κ1) is 21.5. The zero-order valence-corrected chi connectivity index (χ0v) is 18.8. The van der Waals surface area contributed by atoms with Crippen molar-refractivity contribution in [3.63, 3.8) is 0 Å². The Hall–Kier alpha value is -2.70. The largest absolute Gasteiger partial charge is 0.378 e. The van der Waals surface area contributed by atoms with E-state index in [9.17, 15) is 13.6 Å². The zero-order chi connectivity index (χ0) is 22.6. The molecule has 1 aromatic carbocycles. The summed E-state index contributed by atoms with van der Waals surface area (Å²) < 4.78 is 28.9. The first-order valence-electron chi connectivity index (χ1n) is 9.51. The molecule has 2 aliphatic rings. The smallest absolute Gasteiger partial charge is 0.241 e. The van der Waals surface area contributed by atoms with Gasteiger partial charge in [-0.1, -0.05) is 23.9 Å². The van der Waals surface area contributed by atoms with Gasteiger partial charge in [0.15, 0.2) is 5.17 Å². The van der Waals surface area contributed by atoms with Crippen molar-refractivity contribution >= 4 is 51.1 Å². The molecular weight excluding hydrogens is 438 g/mol. The first-order chi connectivity index (χ1) is 14.6. The highest BCUT2D eigenvalue weighted by molar-refractivity contribution is 8.15. The number of hydrogen-bond acceptors (Lipinski definition) is 5. The van der Waals surface area contributed by atoms with Crippen LogP contribution in [-0.4, -0.2) is 34.8 Å². The van der Waals surface area contributed by atoms with E-state index in [2.05, 4.69) is 9.84 Å². The molecule has 0 bridgehead atoms. The fourth-order valence-electron chi connectivity index (χ4n) is 4.19. The fourth-order valence-corrected chi connectivity index (χ4v) is 6.39. The van der Waals surface area contributed by atoms with Crippen LogP contribution >= 0.6 is 23.1 Å². The molecule has 2 aromatic rings. The van der Waals surface area contributed by atoms with Crippen molar-refractivity contribution in [1.82, 2.24) is 4.90 Å². The average Bonchev–Trinajstić information content (AvgIpc) is 3.27. The number of benzene rings is 1. The van der Waals surface area contributed by atoms with E-state index in [1.807, 2.05) is 0 Å². The van der Waals surface area contributed by atoms with Crippen LogP contribution in [0.15, 0.2) is 35.3 Å². The standard InChI is InChI=1S/C22H20F2N4OS2/c1-21(17-11-22(17,19(29)28(3)4)31-20(25)27-21)13-9-12(5-6-14(13)23)10-15(24)16-7-8-18(26-2)30-16/h5-10,17H,11H2,1,3-4H3,(H2,25,27)/b15-10-/t17-,21+,22-/m0/s1. The van der Waals surface area contributed by atoms with Gasteiger partial charge in [0.2, 0.25) is 10.9 Å². The summed E-state index contributed by atoms with van der Waals surface area (Å²) in [7, 11) is 3.37. The maximum atomic E-state index is 15.0. The number of nitrogens with zero attached hydrogens (tertiary/aromatic N) is 3. The first-order valence-corrected chi connectivity index (χ1v) is 11.1. The van der Waals surface area contributed by atoms with Crippen molar-refractivity contribution < 1.29 is 13.6 Å². The van der Waals surface area contributed by atoms with Gasteiger partial charge in [-0.2, -0.15) is 11.3 Å². The number of nitrogens with two attached hydrogens (primary N) is 1. The van der Waals surface area contributed by atoms with E-state index in [1.54, 1.807) is 39.2 Å². The summed E-state index contributed by atoms with van der Waals surface area (Å²) in [4.78, 5) is 22.5. The third-order valence-electron chi connectivity index (χ3n) is 5.75. The SMILES string of the molecule is [C-]#[N+]c1ccc(/C(F)=C/c2ccc(F)c([C@@]3(C)N=C(N)S[C@@]4(C(=O)N(C)C)C[C@H]43)c2)s1. The summed E-state index contributed by atoms with van der Waals surface area (Å²) in [6.07, 6.45) is 1.85. The normalized spacial score (nSPS) is 27.2. The summed E-state index contributed by atoms with van der Waals surface area (Å²) in [6.45, 7) is 8.79. The molecule has 1 saturated carbocycles. The van der Waals surface area contributed by atoms with Gasteiger partial charge in [0, 0.05) is 30.5 Å². The molecule has 2 heterocycles. The van der Waals surface area contributed by atoms with E-state index in [0.717, 1.165) is 11.3 Å². The number of thiophene rings is 1. The quantitative estimate of drug-likeness (QED) is 0.654. The van der Waals surface area contributed by atoms with Gasteiger partial charge in [0.1, 0.15) is 16.4 Å². The lowest BCUT2D eigenvalue weighted by Gasteiger charge is -2.34. The van der Waals surface area contributed by atoms with Gasteiger partial charge in [0.25, 0.3) is 0 Å². The number of thioether (sulfide) groups is 1. The number of fused-ring (bicyclic) bond motifs is 1. The molecule has 2 N–H and O–H groups in total. The molecule has 0 spiro atoms. The second-order valence-electron chi connectivity index (χ2n) is 8.03. The maximum Gasteiger partial charge on any atom is 0.241 e. The molecule has 1 aliphatic heterocycles. The molecule has 0 saturated heterocycles. The Labute approximate surface area is 187 Å². The predicted molar refractivity (Wildman–Crippen MR) is 122 cm³/mol. The van der Waals surface area contributed by atoms with Crippen molar-refractivity contribution in [2.45, 2.75) is 23.6 Å². The second kappa shape index (κ2) is 7.46. The molecule has 160 valence electrons. The predicted octanol–water partition coefficient (Wildman–Crippen LogP) is 5.03. The number of aliphatic imine (C=N–C) groups is 1. The van der Waals surface area contributed by atoms with Crippen LogP contribution in [0.2, 0.25) is 0 Å². The highest BCUT2D eigenvalue weighted by atomic mass is 32.2. The lowest BCUT2D eigenvalue weighted by molar-refractivity contribution is -0.129. The number of hydrogen-bond donors (Lipinski definition) is 1. The number of amidine groups is 1. The Balaban J connectivity index is 1.73. The highest BCUT2D eigenvalue weighted by Gasteiger charge is 2.71. The van der Waals surface area contributed by atoms with E-state index in [-0.39, 0.29) is 22.6 Å². The minimum absolute atomic E-state index is 0.0672. The van der Waals surface area contributed by atoms with Crippen molar-refractivity contribution in [3.05, 3.63) is 63.6 Å². The summed E-state index contributed by atoms with van der Waals surface area (Å²) in [5.41, 5.74) is 5.78. The summed E-state index contributed by atoms with van der Waals surface area (Å²) >= 11 is 2.29. The Morgan fingerprint density at radius 2 is 2.13 bits per heavy atom. The summed E-state index contributed by atoms with van der Waals surface area (Å²) in [5, 5.41) is 0.634. The van der Waals surface area contributed by atoms with Gasteiger partial charge in [-0.25, -0.2) is 13.6 Å². The third kappa shape index (κ3) is 3.54. The van der Waals surface area contributed by atoms with Gasteiger partial charge >= 0.3 is 0 Å². The van der Waals surface area contributed by atoms with Crippen molar-refractivity contribution in [2.75, 3.05) is 14.1 Å². The van der Waals surface area contributed by atoms with Crippen LogP contribution in [0.4, 0.5) is 13.8 Å². The molecule has 9 heteroatoms. The number of halogens is 2. The van der Waals surface area contributed by atoms with Crippen LogP contribution in [0.3, 0.4) is 0 Å². The van der Waals surface area contributed by atoms with E-state index in [4.69, 9.17) is 12.3 Å². The molecule has 1 amide bonds. The van der Waals surface area contributed by atoms with E-state index in [1.165, 1.54) is 34.9 Å². The van der Waals surface area contributed by atoms with Gasteiger partial charge in [-0.3, -0.25) is 9.79 Å². The molecular formula is C22H20F2N4OS2. The maximum absolute atomic E-state index is 15.0. The number of amides is 1. The van der Waals surface area contributed by atoms with Crippen LogP contribution in [0.25, 0.3) is 16.7 Å². The van der Waals surface area contributed by atoms with Gasteiger partial charge in [-0.05, 0) is 43.2 Å². The molecule has 1 aliphatic carbocycles. The Bertz CT molecular complexity index is 1180. The molecule has 0 radical (unpaired) electrons. The van der Waals surface area contributed by atoms with Gasteiger partial charge < -0.3 is 10.6 Å².